The summed E-state index contributed by atoms with van der Waals surface area (Å²) in [5, 5.41) is 11.3. The van der Waals surface area contributed by atoms with Crippen LogP contribution in [0.5, 0.6) is 17.2 Å². The van der Waals surface area contributed by atoms with Gasteiger partial charge in [0.2, 0.25) is 6.79 Å². The third-order valence-corrected chi connectivity index (χ3v) is 6.73. The quantitative estimate of drug-likeness (QED) is 0.329. The van der Waals surface area contributed by atoms with Gasteiger partial charge in [0.1, 0.15) is 11.5 Å². The largest absolute Gasteiger partial charge is 0.507 e. The highest BCUT2D eigenvalue weighted by atomic mass is 16.7. The Labute approximate surface area is 216 Å². The summed E-state index contributed by atoms with van der Waals surface area (Å²) in [4.78, 5) is 30.4. The van der Waals surface area contributed by atoms with Crippen LogP contribution in [0.2, 0.25) is 0 Å². The SMILES string of the molecule is CC(C)Oc1ccc(C2/C(=C(\O)c3ccc4c(c3)OCO4)C(=O)C(=O)N2CCCN2CCOCC2)cc1. The lowest BCUT2D eigenvalue weighted by Gasteiger charge is -2.29. The fourth-order valence-corrected chi connectivity index (χ4v) is 4.95. The Hall–Kier alpha value is -3.56. The van der Waals surface area contributed by atoms with Gasteiger partial charge in [0.15, 0.2) is 11.5 Å². The van der Waals surface area contributed by atoms with E-state index in [-0.39, 0.29) is 24.2 Å². The molecular formula is C28H32N2O7. The number of hydrogen-bond donors (Lipinski definition) is 1. The molecule has 2 saturated heterocycles. The van der Waals surface area contributed by atoms with E-state index in [1.54, 1.807) is 23.1 Å². The molecule has 1 unspecified atom stereocenters. The highest BCUT2D eigenvalue weighted by molar-refractivity contribution is 6.46. The van der Waals surface area contributed by atoms with Crippen LogP contribution < -0.4 is 14.2 Å². The predicted octanol–water partition coefficient (Wildman–Crippen LogP) is 3.35. The molecule has 196 valence electrons. The highest BCUT2D eigenvalue weighted by Crippen LogP contribution is 2.41. The summed E-state index contributed by atoms with van der Waals surface area (Å²) >= 11 is 0. The molecule has 9 heteroatoms. The highest BCUT2D eigenvalue weighted by Gasteiger charge is 2.46. The van der Waals surface area contributed by atoms with Crippen molar-refractivity contribution in [2.24, 2.45) is 0 Å². The summed E-state index contributed by atoms with van der Waals surface area (Å²) in [6.07, 6.45) is 0.713. The monoisotopic (exact) mass is 508 g/mol. The topological polar surface area (TPSA) is 97.8 Å². The molecule has 0 aliphatic carbocycles. The van der Waals surface area contributed by atoms with Gasteiger partial charge in [0, 0.05) is 31.7 Å². The lowest BCUT2D eigenvalue weighted by molar-refractivity contribution is -0.140. The van der Waals surface area contributed by atoms with Crippen molar-refractivity contribution in [1.82, 2.24) is 9.80 Å². The number of morpholine rings is 1. The van der Waals surface area contributed by atoms with Crippen LogP contribution in [0.3, 0.4) is 0 Å². The first-order chi connectivity index (χ1) is 17.9. The number of likely N-dealkylation sites (tertiary alicyclic amines) is 1. The number of ether oxygens (including phenoxy) is 4. The number of carbonyl (C=O) groups excluding carboxylic acids is 2. The van der Waals surface area contributed by atoms with Crippen molar-refractivity contribution in [2.75, 3.05) is 46.2 Å². The molecule has 3 aliphatic rings. The molecule has 2 aromatic rings. The van der Waals surface area contributed by atoms with Crippen molar-refractivity contribution in [1.29, 1.82) is 0 Å². The zero-order valence-corrected chi connectivity index (χ0v) is 21.1. The number of carbonyl (C=O) groups is 2. The molecule has 2 aromatic carbocycles. The van der Waals surface area contributed by atoms with Gasteiger partial charge >= 0.3 is 0 Å². The van der Waals surface area contributed by atoms with E-state index in [1.165, 1.54) is 0 Å². The maximum absolute atomic E-state index is 13.3. The Kier molecular flexibility index (Phi) is 7.34. The third kappa shape index (κ3) is 5.28. The van der Waals surface area contributed by atoms with Crippen molar-refractivity contribution in [2.45, 2.75) is 32.4 Å². The molecule has 0 saturated carbocycles. The summed E-state index contributed by atoms with van der Waals surface area (Å²) in [5.41, 5.74) is 1.18. The van der Waals surface area contributed by atoms with Gasteiger partial charge in [-0.1, -0.05) is 12.1 Å². The van der Waals surface area contributed by atoms with Crippen molar-refractivity contribution >= 4 is 17.4 Å². The average molecular weight is 509 g/mol. The van der Waals surface area contributed by atoms with E-state index >= 15 is 0 Å². The lowest BCUT2D eigenvalue weighted by Crippen LogP contribution is -2.38. The van der Waals surface area contributed by atoms with Crippen LogP contribution in [-0.4, -0.2) is 78.9 Å². The Morgan fingerprint density at radius 1 is 1.03 bits per heavy atom. The van der Waals surface area contributed by atoms with E-state index in [4.69, 9.17) is 18.9 Å². The fraction of sp³-hybridized carbons (Fsp3) is 0.429. The van der Waals surface area contributed by atoms with Gasteiger partial charge in [-0.15, -0.1) is 0 Å². The number of benzene rings is 2. The Morgan fingerprint density at radius 2 is 1.76 bits per heavy atom. The van der Waals surface area contributed by atoms with Crippen LogP contribution >= 0.6 is 0 Å². The molecular weight excluding hydrogens is 476 g/mol. The van der Waals surface area contributed by atoms with Crippen LogP contribution in [0.25, 0.3) is 5.76 Å². The first kappa shape index (κ1) is 25.1. The predicted molar refractivity (Wildman–Crippen MR) is 136 cm³/mol. The first-order valence-electron chi connectivity index (χ1n) is 12.7. The standard InChI is InChI=1S/C28H32N2O7/c1-18(2)37-21-7-4-19(5-8-21)25-24(26(31)20-6-9-22-23(16-20)36-17-35-22)27(32)28(33)30(25)11-3-10-29-12-14-34-15-13-29/h4-9,16,18,25,31H,3,10-15,17H2,1-2H3/b26-24+. The van der Waals surface area contributed by atoms with Gasteiger partial charge in [-0.05, 0) is 56.2 Å². The molecule has 2 fully saturated rings. The van der Waals surface area contributed by atoms with Gasteiger partial charge in [0.05, 0.1) is 30.9 Å². The molecule has 3 aliphatic heterocycles. The van der Waals surface area contributed by atoms with E-state index < -0.39 is 17.7 Å². The first-order valence-corrected chi connectivity index (χ1v) is 12.7. The van der Waals surface area contributed by atoms with Crippen molar-refractivity contribution in [3.63, 3.8) is 0 Å². The third-order valence-electron chi connectivity index (χ3n) is 6.73. The van der Waals surface area contributed by atoms with Crippen LogP contribution in [0, 0.1) is 0 Å². The number of aliphatic hydroxyl groups is 1. The molecule has 1 amide bonds. The van der Waals surface area contributed by atoms with E-state index in [1.807, 2.05) is 38.1 Å². The number of rotatable bonds is 8. The second-order valence-corrected chi connectivity index (χ2v) is 9.60. The number of aliphatic hydroxyl groups excluding tert-OH is 1. The molecule has 3 heterocycles. The zero-order valence-electron chi connectivity index (χ0n) is 21.1. The van der Waals surface area contributed by atoms with E-state index in [2.05, 4.69) is 4.90 Å². The number of nitrogens with zero attached hydrogens (tertiary/aromatic N) is 2. The molecule has 1 N–H and O–H groups in total. The van der Waals surface area contributed by atoms with Gasteiger partial charge < -0.3 is 29.0 Å². The van der Waals surface area contributed by atoms with Crippen LogP contribution in [-0.2, 0) is 14.3 Å². The molecule has 0 bridgehead atoms. The molecule has 0 spiro atoms. The van der Waals surface area contributed by atoms with Gasteiger partial charge in [-0.25, -0.2) is 0 Å². The van der Waals surface area contributed by atoms with E-state index in [0.29, 0.717) is 49.0 Å². The van der Waals surface area contributed by atoms with Crippen molar-refractivity contribution in [3.05, 3.63) is 59.2 Å². The minimum atomic E-state index is -0.719. The fourth-order valence-electron chi connectivity index (χ4n) is 4.95. The van der Waals surface area contributed by atoms with Gasteiger partial charge in [-0.2, -0.15) is 0 Å². The number of amides is 1. The summed E-state index contributed by atoms with van der Waals surface area (Å²) in [6.45, 7) is 8.27. The Balaban J connectivity index is 1.47. The molecule has 9 nitrogen and oxygen atoms in total. The molecule has 37 heavy (non-hydrogen) atoms. The Morgan fingerprint density at radius 3 is 2.49 bits per heavy atom. The smallest absolute Gasteiger partial charge is 0.295 e. The number of Topliss-reactive ketones (excluding diaryl/α,β-unsaturated/α-hetero) is 1. The zero-order chi connectivity index (χ0) is 25.9. The summed E-state index contributed by atoms with van der Waals surface area (Å²) < 4.78 is 22.0. The van der Waals surface area contributed by atoms with E-state index in [0.717, 1.165) is 25.2 Å². The number of ketones is 1. The maximum atomic E-state index is 13.3. The van der Waals surface area contributed by atoms with E-state index in [9.17, 15) is 14.7 Å². The summed E-state index contributed by atoms with van der Waals surface area (Å²) in [5.74, 6) is 0.192. The Bertz CT molecular complexity index is 1190. The molecule has 0 radical (unpaired) electrons. The van der Waals surface area contributed by atoms with Crippen LogP contribution in [0.1, 0.15) is 37.4 Å². The lowest BCUT2D eigenvalue weighted by atomic mass is 9.95. The number of fused-ring (bicyclic) bond motifs is 1. The van der Waals surface area contributed by atoms with Crippen LogP contribution in [0.15, 0.2) is 48.0 Å². The molecule has 5 rings (SSSR count). The summed E-state index contributed by atoms with van der Waals surface area (Å²) in [7, 11) is 0. The van der Waals surface area contributed by atoms with Gasteiger partial charge in [0.25, 0.3) is 11.7 Å². The van der Waals surface area contributed by atoms with Gasteiger partial charge in [-0.3, -0.25) is 14.5 Å². The average Bonchev–Trinajstić information content (AvgIpc) is 3.47. The minimum Gasteiger partial charge on any atom is -0.507 e. The normalized spacial score (nSPS) is 21.2. The second-order valence-electron chi connectivity index (χ2n) is 9.60. The maximum Gasteiger partial charge on any atom is 0.295 e. The number of hydrogen-bond acceptors (Lipinski definition) is 8. The minimum absolute atomic E-state index is 0.0164. The van der Waals surface area contributed by atoms with Crippen molar-refractivity contribution < 1.29 is 33.6 Å². The molecule has 1 atom stereocenters. The van der Waals surface area contributed by atoms with Crippen LogP contribution in [0.4, 0.5) is 0 Å². The van der Waals surface area contributed by atoms with Crippen molar-refractivity contribution in [3.8, 4) is 17.2 Å². The summed E-state index contributed by atoms with van der Waals surface area (Å²) in [6, 6.07) is 11.6. The molecule has 0 aromatic heterocycles. The second kappa shape index (κ2) is 10.8.